The molecule has 1 nitrogen and oxygen atoms in total. The third-order valence-corrected chi connectivity index (χ3v) is 3.20. The Morgan fingerprint density at radius 1 is 1.38 bits per heavy atom. The Labute approximate surface area is 89.9 Å². The summed E-state index contributed by atoms with van der Waals surface area (Å²) in [7, 11) is 0. The third kappa shape index (κ3) is 1.56. The van der Waals surface area contributed by atoms with E-state index in [2.05, 4.69) is 20.9 Å². The lowest BCUT2D eigenvalue weighted by Gasteiger charge is -2.02. The summed E-state index contributed by atoms with van der Waals surface area (Å²) in [5, 5.41) is 1.83. The predicted molar refractivity (Wildman–Crippen MR) is 59.2 cm³/mol. The maximum Gasteiger partial charge on any atom is 0.0716 e. The van der Waals surface area contributed by atoms with Crippen molar-refractivity contribution in [3.8, 4) is 0 Å². The molecular weight excluding hydrogens is 249 g/mol. The fourth-order valence-corrected chi connectivity index (χ4v) is 1.77. The molecule has 0 aliphatic carbocycles. The quantitative estimate of drug-likeness (QED) is 0.695. The van der Waals surface area contributed by atoms with Gasteiger partial charge in [-0.2, -0.15) is 0 Å². The fraction of sp³-hybridized carbons (Fsp3) is 0.100. The van der Waals surface area contributed by atoms with Crippen LogP contribution in [0.4, 0.5) is 0 Å². The number of fused-ring (bicyclic) bond motifs is 1. The third-order valence-electron chi connectivity index (χ3n) is 2.00. The molecule has 66 valence electrons. The van der Waals surface area contributed by atoms with Crippen molar-refractivity contribution in [1.29, 1.82) is 0 Å². The Balaban J connectivity index is 2.89. The number of rotatable bonds is 0. The highest BCUT2D eigenvalue weighted by molar-refractivity contribution is 9.10. The van der Waals surface area contributed by atoms with Gasteiger partial charge < -0.3 is 0 Å². The van der Waals surface area contributed by atoms with Gasteiger partial charge in [-0.05, 0) is 46.6 Å². The first kappa shape index (κ1) is 8.97. The van der Waals surface area contributed by atoms with Crippen molar-refractivity contribution in [2.45, 2.75) is 6.92 Å². The summed E-state index contributed by atoms with van der Waals surface area (Å²) in [6.07, 6.45) is 1.80. The molecule has 0 aliphatic rings. The Bertz CT molecular complexity index is 468. The summed E-state index contributed by atoms with van der Waals surface area (Å²) in [6, 6.07) is 5.85. The lowest BCUT2D eigenvalue weighted by Crippen LogP contribution is -1.82. The van der Waals surface area contributed by atoms with Crippen molar-refractivity contribution in [1.82, 2.24) is 4.98 Å². The molecule has 0 fully saturated rings. The molecular formula is C10H7BrClN. The number of nitrogens with zero attached hydrogens (tertiary/aromatic N) is 1. The Kier molecular flexibility index (Phi) is 2.26. The molecule has 3 heteroatoms. The first-order valence-electron chi connectivity index (χ1n) is 3.89. The minimum atomic E-state index is 0.726. The topological polar surface area (TPSA) is 12.9 Å². The fourth-order valence-electron chi connectivity index (χ4n) is 1.28. The molecule has 0 N–H and O–H groups in total. The van der Waals surface area contributed by atoms with E-state index >= 15 is 0 Å². The summed E-state index contributed by atoms with van der Waals surface area (Å²) in [5.41, 5.74) is 2.16. The van der Waals surface area contributed by atoms with Crippen LogP contribution in [0.2, 0.25) is 5.02 Å². The van der Waals surface area contributed by atoms with Gasteiger partial charge in [0.2, 0.25) is 0 Å². The van der Waals surface area contributed by atoms with Crippen molar-refractivity contribution >= 4 is 38.4 Å². The van der Waals surface area contributed by atoms with Gasteiger partial charge in [0.25, 0.3) is 0 Å². The van der Waals surface area contributed by atoms with Gasteiger partial charge >= 0.3 is 0 Å². The summed E-state index contributed by atoms with van der Waals surface area (Å²) in [6.45, 7) is 2.05. The van der Waals surface area contributed by atoms with Crippen LogP contribution in [-0.4, -0.2) is 4.98 Å². The van der Waals surface area contributed by atoms with E-state index in [1.165, 1.54) is 5.56 Å². The van der Waals surface area contributed by atoms with E-state index in [1.54, 1.807) is 6.20 Å². The van der Waals surface area contributed by atoms with Crippen LogP contribution in [0, 0.1) is 6.92 Å². The molecule has 0 amide bonds. The number of aromatic nitrogens is 1. The molecule has 0 radical (unpaired) electrons. The number of hydrogen-bond donors (Lipinski definition) is 0. The average molecular weight is 257 g/mol. The van der Waals surface area contributed by atoms with Gasteiger partial charge in [0.1, 0.15) is 0 Å². The average Bonchev–Trinajstić information content (AvgIpc) is 2.09. The first-order valence-corrected chi connectivity index (χ1v) is 5.06. The number of aryl methyl sites for hydroxylation is 1. The Morgan fingerprint density at radius 2 is 2.15 bits per heavy atom. The minimum absolute atomic E-state index is 0.726. The van der Waals surface area contributed by atoms with E-state index in [0.717, 1.165) is 20.4 Å². The van der Waals surface area contributed by atoms with Crippen LogP contribution in [-0.2, 0) is 0 Å². The number of pyridine rings is 1. The highest BCUT2D eigenvalue weighted by atomic mass is 79.9. The van der Waals surface area contributed by atoms with E-state index in [-0.39, 0.29) is 0 Å². The van der Waals surface area contributed by atoms with Gasteiger partial charge in [-0.1, -0.05) is 11.6 Å². The molecule has 0 aliphatic heterocycles. The molecule has 2 aromatic rings. The van der Waals surface area contributed by atoms with Gasteiger partial charge in [-0.15, -0.1) is 0 Å². The van der Waals surface area contributed by atoms with E-state index in [1.807, 2.05) is 25.1 Å². The summed E-state index contributed by atoms with van der Waals surface area (Å²) >= 11 is 9.35. The van der Waals surface area contributed by atoms with Crippen LogP contribution >= 0.6 is 27.5 Å². The highest BCUT2D eigenvalue weighted by Gasteiger charge is 2.02. The molecule has 0 bridgehead atoms. The molecule has 13 heavy (non-hydrogen) atoms. The molecule has 0 unspecified atom stereocenters. The van der Waals surface area contributed by atoms with Crippen molar-refractivity contribution < 1.29 is 0 Å². The van der Waals surface area contributed by atoms with Gasteiger partial charge in [-0.3, -0.25) is 4.98 Å². The molecule has 2 rings (SSSR count). The molecule has 1 aromatic carbocycles. The lowest BCUT2D eigenvalue weighted by molar-refractivity contribution is 1.36. The van der Waals surface area contributed by atoms with E-state index < -0.39 is 0 Å². The summed E-state index contributed by atoms with van der Waals surface area (Å²) in [4.78, 5) is 4.26. The van der Waals surface area contributed by atoms with Crippen molar-refractivity contribution in [2.75, 3.05) is 0 Å². The van der Waals surface area contributed by atoms with Crippen molar-refractivity contribution in [3.05, 3.63) is 39.5 Å². The number of benzene rings is 1. The van der Waals surface area contributed by atoms with Crippen molar-refractivity contribution in [2.24, 2.45) is 0 Å². The van der Waals surface area contributed by atoms with Crippen LogP contribution in [0.1, 0.15) is 5.56 Å². The monoisotopic (exact) mass is 255 g/mol. The van der Waals surface area contributed by atoms with Gasteiger partial charge in [0.15, 0.2) is 0 Å². The largest absolute Gasteiger partial charge is 0.256 e. The standard InChI is InChI=1S/C10H7BrClN/c1-6-2-3-13-10-5-8(11)9(12)4-7(6)10/h2-5H,1H3. The molecule has 0 spiro atoms. The number of hydrogen-bond acceptors (Lipinski definition) is 1. The SMILES string of the molecule is Cc1ccnc2cc(Br)c(Cl)cc12. The van der Waals surface area contributed by atoms with Crippen LogP contribution in [0.3, 0.4) is 0 Å². The zero-order valence-electron chi connectivity index (χ0n) is 7.01. The first-order chi connectivity index (χ1) is 6.18. The summed E-state index contributed by atoms with van der Waals surface area (Å²) in [5.74, 6) is 0. The van der Waals surface area contributed by atoms with Crippen LogP contribution in [0.25, 0.3) is 10.9 Å². The minimum Gasteiger partial charge on any atom is -0.256 e. The van der Waals surface area contributed by atoms with Gasteiger partial charge in [0, 0.05) is 16.1 Å². The van der Waals surface area contributed by atoms with Gasteiger partial charge in [0.05, 0.1) is 10.5 Å². The Morgan fingerprint density at radius 3 is 2.92 bits per heavy atom. The van der Waals surface area contributed by atoms with E-state index in [0.29, 0.717) is 0 Å². The van der Waals surface area contributed by atoms with Gasteiger partial charge in [-0.25, -0.2) is 0 Å². The summed E-state index contributed by atoms with van der Waals surface area (Å²) < 4.78 is 0.889. The zero-order valence-corrected chi connectivity index (χ0v) is 9.35. The molecule has 1 heterocycles. The highest BCUT2D eigenvalue weighted by Crippen LogP contribution is 2.28. The van der Waals surface area contributed by atoms with E-state index in [9.17, 15) is 0 Å². The second kappa shape index (κ2) is 3.28. The zero-order chi connectivity index (χ0) is 9.42. The second-order valence-corrected chi connectivity index (χ2v) is 4.17. The number of halogens is 2. The maximum absolute atomic E-state index is 5.98. The molecule has 0 atom stereocenters. The molecule has 0 saturated carbocycles. The normalized spacial score (nSPS) is 10.7. The molecule has 1 aromatic heterocycles. The van der Waals surface area contributed by atoms with Crippen LogP contribution in [0.15, 0.2) is 28.9 Å². The lowest BCUT2D eigenvalue weighted by atomic mass is 10.1. The Hall–Kier alpha value is -0.600. The molecule has 0 saturated heterocycles. The predicted octanol–water partition coefficient (Wildman–Crippen LogP) is 3.96. The van der Waals surface area contributed by atoms with Crippen molar-refractivity contribution in [3.63, 3.8) is 0 Å². The maximum atomic E-state index is 5.98. The van der Waals surface area contributed by atoms with E-state index in [4.69, 9.17) is 11.6 Å². The van der Waals surface area contributed by atoms with Crippen LogP contribution < -0.4 is 0 Å². The second-order valence-electron chi connectivity index (χ2n) is 2.91. The smallest absolute Gasteiger partial charge is 0.0716 e. The van der Waals surface area contributed by atoms with Crippen LogP contribution in [0.5, 0.6) is 0 Å².